The summed E-state index contributed by atoms with van der Waals surface area (Å²) in [6, 6.07) is 16.6. The Balaban J connectivity index is 1.50. The maximum Gasteiger partial charge on any atom is 0.328 e. The predicted molar refractivity (Wildman–Crippen MR) is 135 cm³/mol. The van der Waals surface area contributed by atoms with Gasteiger partial charge in [0.2, 0.25) is 0 Å². The topological polar surface area (TPSA) is 96.0 Å². The van der Waals surface area contributed by atoms with E-state index in [1.165, 1.54) is 31.4 Å². The number of nitrogens with one attached hydrogen (secondary N) is 1. The molecule has 1 N–H and O–H groups in total. The Morgan fingerprint density at radius 1 is 0.892 bits per heavy atom. The zero-order valence-corrected chi connectivity index (χ0v) is 20.5. The van der Waals surface area contributed by atoms with Crippen LogP contribution in [0.1, 0.15) is 15.9 Å². The number of methoxy groups -OCH3 is 3. The van der Waals surface area contributed by atoms with E-state index in [0.29, 0.717) is 28.5 Å². The van der Waals surface area contributed by atoms with Gasteiger partial charge in [-0.2, -0.15) is 0 Å². The van der Waals surface area contributed by atoms with E-state index in [9.17, 15) is 14.0 Å². The van der Waals surface area contributed by atoms with Crippen LogP contribution in [0.25, 0.3) is 10.9 Å². The molecular formula is C28H25FN2O6. The molecule has 190 valence electrons. The molecule has 0 bridgehead atoms. The van der Waals surface area contributed by atoms with Crippen LogP contribution in [0.2, 0.25) is 0 Å². The smallest absolute Gasteiger partial charge is 0.328 e. The Labute approximate surface area is 212 Å². The summed E-state index contributed by atoms with van der Waals surface area (Å²) in [5.74, 6) is 0.710. The molecule has 0 aliphatic carbocycles. The summed E-state index contributed by atoms with van der Waals surface area (Å²) in [4.78, 5) is 29.2. The molecule has 0 fully saturated rings. The Morgan fingerprint density at radius 2 is 1.57 bits per heavy atom. The fraction of sp³-hybridized carbons (Fsp3) is 0.179. The number of hydrogen-bond donors (Lipinski definition) is 1. The molecule has 1 aromatic heterocycles. The third-order valence-corrected chi connectivity index (χ3v) is 5.70. The van der Waals surface area contributed by atoms with Crippen LogP contribution >= 0.6 is 0 Å². The second kappa shape index (κ2) is 11.4. The monoisotopic (exact) mass is 504 g/mol. The predicted octanol–water partition coefficient (Wildman–Crippen LogP) is 4.70. The standard InChI is InChI=1S/C28H25FN2O6/c1-34-25-15-21-22(16-26(25)35-2)30-13-12-24(21)37-20-10-4-17(5-11-20)14-23(28(33)36-3)31-27(32)18-6-8-19(29)9-7-18/h4-13,15-16,23H,14H2,1-3H3,(H,31,32). The van der Waals surface area contributed by atoms with Gasteiger partial charge in [-0.15, -0.1) is 0 Å². The average molecular weight is 505 g/mol. The number of hydrogen-bond acceptors (Lipinski definition) is 7. The van der Waals surface area contributed by atoms with E-state index < -0.39 is 23.7 Å². The number of amides is 1. The second-order valence-electron chi connectivity index (χ2n) is 8.04. The number of fused-ring (bicyclic) bond motifs is 1. The van der Waals surface area contributed by atoms with Crippen LogP contribution in [-0.4, -0.2) is 44.2 Å². The number of halogens is 1. The van der Waals surface area contributed by atoms with Crippen LogP contribution in [0.4, 0.5) is 4.39 Å². The van der Waals surface area contributed by atoms with Gasteiger partial charge < -0.3 is 24.3 Å². The van der Waals surface area contributed by atoms with Gasteiger partial charge in [0.25, 0.3) is 5.91 Å². The first-order valence-corrected chi connectivity index (χ1v) is 11.3. The van der Waals surface area contributed by atoms with E-state index in [1.54, 1.807) is 62.9 Å². The first-order chi connectivity index (χ1) is 17.9. The molecule has 1 unspecified atom stereocenters. The highest BCUT2D eigenvalue weighted by Gasteiger charge is 2.23. The number of nitrogens with zero attached hydrogens (tertiary/aromatic N) is 1. The van der Waals surface area contributed by atoms with Crippen LogP contribution in [0.3, 0.4) is 0 Å². The first kappa shape index (κ1) is 25.4. The molecule has 8 nitrogen and oxygen atoms in total. The number of carbonyl (C=O) groups excluding carboxylic acids is 2. The van der Waals surface area contributed by atoms with Gasteiger partial charge in [-0.1, -0.05) is 12.1 Å². The lowest BCUT2D eigenvalue weighted by Gasteiger charge is -2.17. The zero-order valence-electron chi connectivity index (χ0n) is 20.5. The van der Waals surface area contributed by atoms with E-state index in [4.69, 9.17) is 18.9 Å². The molecule has 1 heterocycles. The van der Waals surface area contributed by atoms with Gasteiger partial charge in [-0.3, -0.25) is 9.78 Å². The molecule has 0 saturated heterocycles. The van der Waals surface area contributed by atoms with Crippen LogP contribution in [0, 0.1) is 5.82 Å². The molecule has 9 heteroatoms. The van der Waals surface area contributed by atoms with Crippen molar-refractivity contribution in [3.05, 3.63) is 89.9 Å². The van der Waals surface area contributed by atoms with E-state index >= 15 is 0 Å². The maximum atomic E-state index is 13.2. The van der Waals surface area contributed by atoms with Gasteiger partial charge in [-0.25, -0.2) is 9.18 Å². The molecule has 0 aliphatic heterocycles. The minimum absolute atomic E-state index is 0.190. The lowest BCUT2D eigenvalue weighted by Crippen LogP contribution is -2.43. The first-order valence-electron chi connectivity index (χ1n) is 11.3. The quantitative estimate of drug-likeness (QED) is 0.330. The van der Waals surface area contributed by atoms with E-state index in [0.717, 1.165) is 10.9 Å². The summed E-state index contributed by atoms with van der Waals surface area (Å²) in [5.41, 5.74) is 1.69. The molecular weight excluding hydrogens is 479 g/mol. The lowest BCUT2D eigenvalue weighted by atomic mass is 10.0. The fourth-order valence-corrected chi connectivity index (χ4v) is 3.77. The fourth-order valence-electron chi connectivity index (χ4n) is 3.77. The van der Waals surface area contributed by atoms with Crippen LogP contribution < -0.4 is 19.5 Å². The van der Waals surface area contributed by atoms with Crippen molar-refractivity contribution >= 4 is 22.8 Å². The van der Waals surface area contributed by atoms with Crippen molar-refractivity contribution in [2.24, 2.45) is 0 Å². The second-order valence-corrected chi connectivity index (χ2v) is 8.04. The summed E-state index contributed by atoms with van der Waals surface area (Å²) < 4.78 is 34.9. The zero-order chi connectivity index (χ0) is 26.4. The van der Waals surface area contributed by atoms with Crippen molar-refractivity contribution < 1.29 is 32.9 Å². The molecule has 0 spiro atoms. The van der Waals surface area contributed by atoms with Crippen molar-refractivity contribution in [3.63, 3.8) is 0 Å². The number of rotatable bonds is 9. The highest BCUT2D eigenvalue weighted by atomic mass is 19.1. The number of aromatic nitrogens is 1. The van der Waals surface area contributed by atoms with E-state index in [2.05, 4.69) is 10.3 Å². The summed E-state index contributed by atoms with van der Waals surface area (Å²) in [5, 5.41) is 3.40. The normalized spacial score (nSPS) is 11.5. The van der Waals surface area contributed by atoms with Crippen molar-refractivity contribution in [2.45, 2.75) is 12.5 Å². The summed E-state index contributed by atoms with van der Waals surface area (Å²) in [6.45, 7) is 0. The van der Waals surface area contributed by atoms with Crippen LogP contribution in [0.15, 0.2) is 72.9 Å². The lowest BCUT2D eigenvalue weighted by molar-refractivity contribution is -0.142. The van der Waals surface area contributed by atoms with Crippen LogP contribution in [0.5, 0.6) is 23.0 Å². The van der Waals surface area contributed by atoms with Crippen molar-refractivity contribution in [3.8, 4) is 23.0 Å². The van der Waals surface area contributed by atoms with Gasteiger partial charge in [0.05, 0.1) is 26.8 Å². The molecule has 0 radical (unpaired) electrons. The minimum atomic E-state index is -0.930. The Bertz CT molecular complexity index is 1410. The largest absolute Gasteiger partial charge is 0.493 e. The Kier molecular flexibility index (Phi) is 7.83. The number of ether oxygens (including phenoxy) is 4. The highest BCUT2D eigenvalue weighted by molar-refractivity contribution is 5.96. The summed E-state index contributed by atoms with van der Waals surface area (Å²) in [7, 11) is 4.37. The maximum absolute atomic E-state index is 13.2. The van der Waals surface area contributed by atoms with Gasteiger partial charge in [0.1, 0.15) is 23.4 Å². The third-order valence-electron chi connectivity index (χ3n) is 5.70. The van der Waals surface area contributed by atoms with Crippen molar-refractivity contribution in [1.82, 2.24) is 10.3 Å². The molecule has 37 heavy (non-hydrogen) atoms. The number of pyridine rings is 1. The molecule has 3 aromatic carbocycles. The van der Waals surface area contributed by atoms with E-state index in [1.807, 2.05) is 0 Å². The molecule has 1 atom stereocenters. The van der Waals surface area contributed by atoms with Gasteiger partial charge >= 0.3 is 5.97 Å². The molecule has 0 aliphatic rings. The molecule has 0 saturated carbocycles. The van der Waals surface area contributed by atoms with Crippen molar-refractivity contribution in [1.29, 1.82) is 0 Å². The third kappa shape index (κ3) is 5.95. The Hall–Kier alpha value is -4.66. The molecule has 4 rings (SSSR count). The SMILES string of the molecule is COC(=O)C(Cc1ccc(Oc2ccnc3cc(OC)c(OC)cc23)cc1)NC(=O)c1ccc(F)cc1. The highest BCUT2D eigenvalue weighted by Crippen LogP contribution is 2.36. The number of carbonyl (C=O) groups is 2. The van der Waals surface area contributed by atoms with Gasteiger partial charge in [0, 0.05) is 29.6 Å². The van der Waals surface area contributed by atoms with Gasteiger partial charge in [0.15, 0.2) is 11.5 Å². The van der Waals surface area contributed by atoms with Crippen LogP contribution in [-0.2, 0) is 16.0 Å². The average Bonchev–Trinajstić information content (AvgIpc) is 2.92. The minimum Gasteiger partial charge on any atom is -0.493 e. The molecule has 4 aromatic rings. The summed E-state index contributed by atoms with van der Waals surface area (Å²) >= 11 is 0. The molecule has 1 amide bonds. The summed E-state index contributed by atoms with van der Waals surface area (Å²) in [6.07, 6.45) is 1.83. The Morgan fingerprint density at radius 3 is 2.22 bits per heavy atom. The van der Waals surface area contributed by atoms with Gasteiger partial charge in [-0.05, 0) is 54.1 Å². The number of esters is 1. The van der Waals surface area contributed by atoms with E-state index in [-0.39, 0.29) is 12.0 Å². The number of benzene rings is 3. The van der Waals surface area contributed by atoms with Crippen molar-refractivity contribution in [2.75, 3.05) is 21.3 Å².